The standard InChI is InChI=1S/C13H14N2O3/c1-8-3-2-4-10-9(8)7-11(15-10)13(18)14-6-5-12(16)17/h2-4,7,15H,5-6H2,1H3,(H,14,18)(H,16,17). The lowest BCUT2D eigenvalue weighted by molar-refractivity contribution is -0.136. The van der Waals surface area contributed by atoms with Gasteiger partial charge in [-0.3, -0.25) is 9.59 Å². The van der Waals surface area contributed by atoms with Crippen LogP contribution < -0.4 is 5.32 Å². The molecule has 5 nitrogen and oxygen atoms in total. The van der Waals surface area contributed by atoms with Crippen molar-refractivity contribution in [1.29, 1.82) is 0 Å². The summed E-state index contributed by atoms with van der Waals surface area (Å²) >= 11 is 0. The lowest BCUT2D eigenvalue weighted by atomic mass is 10.1. The maximum Gasteiger partial charge on any atom is 0.305 e. The average molecular weight is 246 g/mol. The predicted molar refractivity (Wildman–Crippen MR) is 67.6 cm³/mol. The number of hydrogen-bond donors (Lipinski definition) is 3. The lowest BCUT2D eigenvalue weighted by Gasteiger charge is -2.00. The number of aromatic amines is 1. The molecule has 1 aromatic heterocycles. The Kier molecular flexibility index (Phi) is 3.32. The number of carbonyl (C=O) groups excluding carboxylic acids is 1. The summed E-state index contributed by atoms with van der Waals surface area (Å²) < 4.78 is 0. The van der Waals surface area contributed by atoms with Crippen LogP contribution in [-0.4, -0.2) is 28.5 Å². The summed E-state index contributed by atoms with van der Waals surface area (Å²) in [5.74, 6) is -1.21. The Morgan fingerprint density at radius 2 is 2.17 bits per heavy atom. The molecule has 2 aromatic rings. The molecule has 0 saturated carbocycles. The van der Waals surface area contributed by atoms with Crippen molar-refractivity contribution in [3.05, 3.63) is 35.5 Å². The first-order valence-corrected chi connectivity index (χ1v) is 5.66. The van der Waals surface area contributed by atoms with E-state index in [2.05, 4.69) is 10.3 Å². The number of carboxylic acid groups (broad SMARTS) is 1. The molecule has 1 heterocycles. The van der Waals surface area contributed by atoms with Gasteiger partial charge in [-0.05, 0) is 24.6 Å². The first-order chi connectivity index (χ1) is 8.58. The molecule has 0 unspecified atom stereocenters. The minimum atomic E-state index is -0.928. The number of aromatic nitrogens is 1. The van der Waals surface area contributed by atoms with Crippen LogP contribution in [0.15, 0.2) is 24.3 Å². The molecule has 0 aliphatic heterocycles. The van der Waals surface area contributed by atoms with Gasteiger partial charge < -0.3 is 15.4 Å². The second-order valence-electron chi connectivity index (χ2n) is 4.12. The fourth-order valence-corrected chi connectivity index (χ4v) is 1.81. The zero-order chi connectivity index (χ0) is 13.1. The smallest absolute Gasteiger partial charge is 0.305 e. The van der Waals surface area contributed by atoms with E-state index in [9.17, 15) is 9.59 Å². The Labute approximate surface area is 104 Å². The monoisotopic (exact) mass is 246 g/mol. The van der Waals surface area contributed by atoms with Crippen molar-refractivity contribution in [2.24, 2.45) is 0 Å². The Bertz CT molecular complexity index is 601. The van der Waals surface area contributed by atoms with Gasteiger partial charge >= 0.3 is 5.97 Å². The van der Waals surface area contributed by atoms with E-state index in [1.165, 1.54) is 0 Å². The quantitative estimate of drug-likeness (QED) is 0.767. The van der Waals surface area contributed by atoms with E-state index in [0.717, 1.165) is 16.5 Å². The van der Waals surface area contributed by atoms with E-state index >= 15 is 0 Å². The second kappa shape index (κ2) is 4.91. The first-order valence-electron chi connectivity index (χ1n) is 5.66. The number of amides is 1. The van der Waals surface area contributed by atoms with Gasteiger partial charge in [0.05, 0.1) is 6.42 Å². The molecule has 0 aliphatic rings. The van der Waals surface area contributed by atoms with Gasteiger partial charge in [-0.25, -0.2) is 0 Å². The van der Waals surface area contributed by atoms with E-state index in [-0.39, 0.29) is 18.9 Å². The highest BCUT2D eigenvalue weighted by atomic mass is 16.4. The highest BCUT2D eigenvalue weighted by Gasteiger charge is 2.10. The molecule has 0 fully saturated rings. The van der Waals surface area contributed by atoms with Crippen LogP contribution in [0.4, 0.5) is 0 Å². The molecule has 1 aromatic carbocycles. The first kappa shape index (κ1) is 12.2. The summed E-state index contributed by atoms with van der Waals surface area (Å²) in [5, 5.41) is 12.0. The number of hydrogen-bond acceptors (Lipinski definition) is 2. The summed E-state index contributed by atoms with van der Waals surface area (Å²) in [7, 11) is 0. The van der Waals surface area contributed by atoms with Gasteiger partial charge in [0.1, 0.15) is 5.69 Å². The van der Waals surface area contributed by atoms with Crippen LogP contribution in [-0.2, 0) is 4.79 Å². The molecule has 18 heavy (non-hydrogen) atoms. The van der Waals surface area contributed by atoms with Crippen LogP contribution in [0.1, 0.15) is 22.5 Å². The molecule has 5 heteroatoms. The van der Waals surface area contributed by atoms with Crippen molar-refractivity contribution in [3.63, 3.8) is 0 Å². The highest BCUT2D eigenvalue weighted by molar-refractivity contribution is 5.98. The largest absolute Gasteiger partial charge is 0.481 e. The van der Waals surface area contributed by atoms with Crippen molar-refractivity contribution < 1.29 is 14.7 Å². The van der Waals surface area contributed by atoms with Gasteiger partial charge in [0, 0.05) is 17.4 Å². The highest BCUT2D eigenvalue weighted by Crippen LogP contribution is 2.18. The summed E-state index contributed by atoms with van der Waals surface area (Å²) in [4.78, 5) is 25.1. The van der Waals surface area contributed by atoms with Gasteiger partial charge in [0.15, 0.2) is 0 Å². The summed E-state index contributed by atoms with van der Waals surface area (Å²) in [5.41, 5.74) is 2.44. The van der Waals surface area contributed by atoms with Gasteiger partial charge in [-0.2, -0.15) is 0 Å². The topological polar surface area (TPSA) is 82.2 Å². The average Bonchev–Trinajstić information content (AvgIpc) is 2.74. The number of aliphatic carboxylic acids is 1. The number of H-pyrrole nitrogens is 1. The number of aryl methyl sites for hydroxylation is 1. The molecule has 0 saturated heterocycles. The SMILES string of the molecule is Cc1cccc2[nH]c(C(=O)NCCC(=O)O)cc12. The number of fused-ring (bicyclic) bond motifs is 1. The summed E-state index contributed by atoms with van der Waals surface area (Å²) in [6.07, 6.45) is -0.0784. The summed E-state index contributed by atoms with van der Waals surface area (Å²) in [6, 6.07) is 7.57. The molecular weight excluding hydrogens is 232 g/mol. The van der Waals surface area contributed by atoms with E-state index < -0.39 is 5.97 Å². The zero-order valence-electron chi connectivity index (χ0n) is 9.99. The van der Waals surface area contributed by atoms with E-state index in [1.54, 1.807) is 6.07 Å². The van der Waals surface area contributed by atoms with Crippen LogP contribution in [0, 0.1) is 6.92 Å². The molecule has 1 amide bonds. The number of carboxylic acids is 1. The van der Waals surface area contributed by atoms with Gasteiger partial charge in [0.2, 0.25) is 0 Å². The Hall–Kier alpha value is -2.30. The molecule has 2 rings (SSSR count). The molecule has 0 bridgehead atoms. The zero-order valence-corrected chi connectivity index (χ0v) is 9.99. The third-order valence-corrected chi connectivity index (χ3v) is 2.75. The maximum absolute atomic E-state index is 11.8. The van der Waals surface area contributed by atoms with Gasteiger partial charge in [0.25, 0.3) is 5.91 Å². The van der Waals surface area contributed by atoms with E-state index in [1.807, 2.05) is 25.1 Å². The van der Waals surface area contributed by atoms with Crippen molar-refractivity contribution in [2.45, 2.75) is 13.3 Å². The Morgan fingerprint density at radius 1 is 1.39 bits per heavy atom. The van der Waals surface area contributed by atoms with Crippen molar-refractivity contribution in [1.82, 2.24) is 10.3 Å². The Morgan fingerprint density at radius 3 is 2.83 bits per heavy atom. The number of benzene rings is 1. The minimum absolute atomic E-state index is 0.0784. The maximum atomic E-state index is 11.8. The van der Waals surface area contributed by atoms with Crippen LogP contribution in [0.2, 0.25) is 0 Å². The number of carbonyl (C=O) groups is 2. The molecule has 0 atom stereocenters. The normalized spacial score (nSPS) is 10.5. The molecule has 0 radical (unpaired) electrons. The van der Waals surface area contributed by atoms with E-state index in [0.29, 0.717) is 5.69 Å². The minimum Gasteiger partial charge on any atom is -0.481 e. The van der Waals surface area contributed by atoms with Gasteiger partial charge in [-0.1, -0.05) is 12.1 Å². The van der Waals surface area contributed by atoms with Crippen molar-refractivity contribution in [3.8, 4) is 0 Å². The molecule has 0 spiro atoms. The fraction of sp³-hybridized carbons (Fsp3) is 0.231. The lowest BCUT2D eigenvalue weighted by Crippen LogP contribution is -2.26. The summed E-state index contributed by atoms with van der Waals surface area (Å²) in [6.45, 7) is 2.10. The van der Waals surface area contributed by atoms with E-state index in [4.69, 9.17) is 5.11 Å². The third kappa shape index (κ3) is 2.51. The number of rotatable bonds is 4. The Balaban J connectivity index is 2.13. The molecular formula is C13H14N2O3. The van der Waals surface area contributed by atoms with Crippen LogP contribution in [0.25, 0.3) is 10.9 Å². The van der Waals surface area contributed by atoms with Crippen LogP contribution in [0.3, 0.4) is 0 Å². The number of nitrogens with one attached hydrogen (secondary N) is 2. The third-order valence-electron chi connectivity index (χ3n) is 2.75. The van der Waals surface area contributed by atoms with Crippen molar-refractivity contribution in [2.75, 3.05) is 6.54 Å². The second-order valence-corrected chi connectivity index (χ2v) is 4.12. The fourth-order valence-electron chi connectivity index (χ4n) is 1.81. The van der Waals surface area contributed by atoms with Crippen LogP contribution >= 0.6 is 0 Å². The molecule has 94 valence electrons. The molecule has 0 aliphatic carbocycles. The van der Waals surface area contributed by atoms with Gasteiger partial charge in [-0.15, -0.1) is 0 Å². The molecule has 3 N–H and O–H groups in total. The van der Waals surface area contributed by atoms with Crippen LogP contribution in [0.5, 0.6) is 0 Å². The van der Waals surface area contributed by atoms with Crippen molar-refractivity contribution >= 4 is 22.8 Å². The predicted octanol–water partition coefficient (Wildman–Crippen LogP) is 1.68.